The number of carbonyl (C=O) groups is 2. The number of ether oxygens (including phenoxy) is 1. The van der Waals surface area contributed by atoms with Crippen LogP contribution in [0.5, 0.6) is 0 Å². The van der Waals surface area contributed by atoms with Crippen molar-refractivity contribution in [2.45, 2.75) is 13.3 Å². The fourth-order valence-electron chi connectivity index (χ4n) is 3.74. The Morgan fingerprint density at radius 1 is 1.03 bits per heavy atom. The summed E-state index contributed by atoms with van der Waals surface area (Å²) in [6.07, 6.45) is 3.09. The SMILES string of the molecule is CCOC(=O)c1sc(-c2ccccc2)cc1NC(=O)CN1CC=C(c2ccccc2)CC1. The van der Waals surface area contributed by atoms with Crippen LogP contribution >= 0.6 is 11.3 Å². The molecule has 5 nitrogen and oxygen atoms in total. The lowest BCUT2D eigenvalue weighted by Gasteiger charge is -2.25. The van der Waals surface area contributed by atoms with Gasteiger partial charge in [-0.25, -0.2) is 4.79 Å². The maximum Gasteiger partial charge on any atom is 0.350 e. The number of esters is 1. The smallest absolute Gasteiger partial charge is 0.350 e. The highest BCUT2D eigenvalue weighted by molar-refractivity contribution is 7.18. The molecule has 1 aromatic heterocycles. The number of nitrogens with zero attached hydrogens (tertiary/aromatic N) is 1. The molecule has 0 fully saturated rings. The van der Waals surface area contributed by atoms with Gasteiger partial charge in [-0.05, 0) is 36.1 Å². The molecule has 0 saturated carbocycles. The molecule has 1 aliphatic rings. The van der Waals surface area contributed by atoms with Crippen molar-refractivity contribution in [3.05, 3.63) is 83.2 Å². The summed E-state index contributed by atoms with van der Waals surface area (Å²) in [6, 6.07) is 22.0. The molecular weight excluding hydrogens is 420 g/mol. The average molecular weight is 447 g/mol. The molecule has 0 aliphatic carbocycles. The lowest BCUT2D eigenvalue weighted by molar-refractivity contribution is -0.117. The third kappa shape index (κ3) is 5.33. The van der Waals surface area contributed by atoms with Crippen molar-refractivity contribution in [1.29, 1.82) is 0 Å². The highest BCUT2D eigenvalue weighted by atomic mass is 32.1. The van der Waals surface area contributed by atoms with Crippen molar-refractivity contribution in [2.24, 2.45) is 0 Å². The van der Waals surface area contributed by atoms with Gasteiger partial charge in [0.25, 0.3) is 0 Å². The Hall–Kier alpha value is -3.22. The molecule has 164 valence electrons. The molecule has 1 N–H and O–H groups in total. The van der Waals surface area contributed by atoms with E-state index in [-0.39, 0.29) is 19.1 Å². The summed E-state index contributed by atoms with van der Waals surface area (Å²) < 4.78 is 5.21. The van der Waals surface area contributed by atoms with Gasteiger partial charge >= 0.3 is 5.97 Å². The molecular formula is C26H26N2O3S. The number of anilines is 1. The number of nitrogens with one attached hydrogen (secondary N) is 1. The Morgan fingerprint density at radius 2 is 1.72 bits per heavy atom. The number of hydrogen-bond acceptors (Lipinski definition) is 5. The van der Waals surface area contributed by atoms with Gasteiger partial charge in [-0.3, -0.25) is 9.69 Å². The van der Waals surface area contributed by atoms with E-state index >= 15 is 0 Å². The third-order valence-electron chi connectivity index (χ3n) is 5.33. The number of rotatable bonds is 7. The van der Waals surface area contributed by atoms with Crippen LogP contribution < -0.4 is 5.32 Å². The highest BCUT2D eigenvalue weighted by Gasteiger charge is 2.21. The third-order valence-corrected chi connectivity index (χ3v) is 6.49. The largest absolute Gasteiger partial charge is 0.462 e. The van der Waals surface area contributed by atoms with Crippen LogP contribution in [0.15, 0.2) is 72.8 Å². The van der Waals surface area contributed by atoms with E-state index in [2.05, 4.69) is 28.4 Å². The van der Waals surface area contributed by atoms with Gasteiger partial charge < -0.3 is 10.1 Å². The second-order valence-electron chi connectivity index (χ2n) is 7.57. The number of thiophene rings is 1. The summed E-state index contributed by atoms with van der Waals surface area (Å²) in [7, 11) is 0. The van der Waals surface area contributed by atoms with Crippen molar-refractivity contribution < 1.29 is 14.3 Å². The van der Waals surface area contributed by atoms with E-state index in [0.29, 0.717) is 10.6 Å². The quantitative estimate of drug-likeness (QED) is 0.499. The van der Waals surface area contributed by atoms with Crippen molar-refractivity contribution in [3.8, 4) is 10.4 Å². The number of hydrogen-bond donors (Lipinski definition) is 1. The zero-order chi connectivity index (χ0) is 22.3. The fraction of sp³-hybridized carbons (Fsp3) is 0.231. The van der Waals surface area contributed by atoms with Crippen LogP contribution in [0.25, 0.3) is 16.0 Å². The molecule has 0 atom stereocenters. The maximum atomic E-state index is 12.8. The Morgan fingerprint density at radius 3 is 2.34 bits per heavy atom. The fourth-order valence-corrected chi connectivity index (χ4v) is 4.75. The Bertz CT molecular complexity index is 1110. The molecule has 6 heteroatoms. The Balaban J connectivity index is 1.44. The molecule has 2 heterocycles. The predicted octanol–water partition coefficient (Wildman–Crippen LogP) is 5.32. The van der Waals surface area contributed by atoms with Gasteiger partial charge in [-0.15, -0.1) is 11.3 Å². The molecule has 4 rings (SSSR count). The standard InChI is InChI=1S/C26H26N2O3S/c1-2-31-26(30)25-22(17-23(32-25)21-11-7-4-8-12-21)27-24(29)18-28-15-13-20(14-16-28)19-9-5-3-6-10-19/h3-13,17H,2,14-16,18H2,1H3,(H,27,29). The van der Waals surface area contributed by atoms with Crippen LogP contribution in [0.2, 0.25) is 0 Å². The van der Waals surface area contributed by atoms with E-state index in [1.54, 1.807) is 6.92 Å². The van der Waals surface area contributed by atoms with E-state index in [9.17, 15) is 9.59 Å². The van der Waals surface area contributed by atoms with E-state index < -0.39 is 5.97 Å². The molecule has 1 amide bonds. The minimum Gasteiger partial charge on any atom is -0.462 e. The monoisotopic (exact) mass is 446 g/mol. The molecule has 2 aromatic carbocycles. The molecule has 0 saturated heterocycles. The molecule has 32 heavy (non-hydrogen) atoms. The number of benzene rings is 2. The number of amides is 1. The topological polar surface area (TPSA) is 58.6 Å². The van der Waals surface area contributed by atoms with Gasteiger partial charge in [-0.2, -0.15) is 0 Å². The normalized spacial score (nSPS) is 14.0. The first-order chi connectivity index (χ1) is 15.6. The van der Waals surface area contributed by atoms with Gasteiger partial charge in [0.1, 0.15) is 4.88 Å². The summed E-state index contributed by atoms with van der Waals surface area (Å²) in [6.45, 7) is 3.88. The summed E-state index contributed by atoms with van der Waals surface area (Å²) in [5.41, 5.74) is 4.06. The Kier molecular flexibility index (Phi) is 7.14. The minimum atomic E-state index is -0.414. The van der Waals surface area contributed by atoms with Gasteiger partial charge in [-0.1, -0.05) is 66.7 Å². The second-order valence-corrected chi connectivity index (χ2v) is 8.62. The zero-order valence-corrected chi connectivity index (χ0v) is 18.9. The van der Waals surface area contributed by atoms with Crippen molar-refractivity contribution >= 4 is 34.5 Å². The van der Waals surface area contributed by atoms with E-state index in [4.69, 9.17) is 4.74 Å². The van der Waals surface area contributed by atoms with Crippen molar-refractivity contribution in [2.75, 3.05) is 31.6 Å². The van der Waals surface area contributed by atoms with Crippen LogP contribution in [0.4, 0.5) is 5.69 Å². The minimum absolute atomic E-state index is 0.135. The van der Waals surface area contributed by atoms with Crippen molar-refractivity contribution in [1.82, 2.24) is 4.90 Å². The molecule has 0 bridgehead atoms. The molecule has 0 unspecified atom stereocenters. The lowest BCUT2D eigenvalue weighted by atomic mass is 10.00. The van der Waals surface area contributed by atoms with E-state index in [0.717, 1.165) is 30.0 Å². The summed E-state index contributed by atoms with van der Waals surface area (Å²) in [5.74, 6) is -0.548. The van der Waals surface area contributed by atoms with Gasteiger partial charge in [0.2, 0.25) is 5.91 Å². The van der Waals surface area contributed by atoms with Gasteiger partial charge in [0, 0.05) is 18.0 Å². The zero-order valence-electron chi connectivity index (χ0n) is 18.0. The van der Waals surface area contributed by atoms with E-state index in [1.807, 2.05) is 54.6 Å². The van der Waals surface area contributed by atoms with Crippen LogP contribution in [0, 0.1) is 0 Å². The summed E-state index contributed by atoms with van der Waals surface area (Å²) in [4.78, 5) is 28.7. The molecule has 0 radical (unpaired) electrons. The van der Waals surface area contributed by atoms with E-state index in [1.165, 1.54) is 22.5 Å². The summed E-state index contributed by atoms with van der Waals surface area (Å²) >= 11 is 1.33. The first-order valence-electron chi connectivity index (χ1n) is 10.8. The summed E-state index contributed by atoms with van der Waals surface area (Å²) in [5, 5.41) is 2.94. The average Bonchev–Trinajstić information content (AvgIpc) is 3.24. The second kappa shape index (κ2) is 10.4. The van der Waals surface area contributed by atoms with Crippen LogP contribution in [0.3, 0.4) is 0 Å². The first-order valence-corrected chi connectivity index (χ1v) is 11.6. The molecule has 3 aromatic rings. The molecule has 0 spiro atoms. The number of carbonyl (C=O) groups excluding carboxylic acids is 2. The maximum absolute atomic E-state index is 12.8. The van der Waals surface area contributed by atoms with Gasteiger partial charge in [0.05, 0.1) is 18.8 Å². The van der Waals surface area contributed by atoms with Crippen LogP contribution in [-0.2, 0) is 9.53 Å². The lowest BCUT2D eigenvalue weighted by Crippen LogP contribution is -2.36. The Labute approximate surface area is 192 Å². The predicted molar refractivity (Wildman–Crippen MR) is 130 cm³/mol. The van der Waals surface area contributed by atoms with Crippen molar-refractivity contribution in [3.63, 3.8) is 0 Å². The molecule has 1 aliphatic heterocycles. The van der Waals surface area contributed by atoms with Crippen LogP contribution in [-0.4, -0.2) is 43.0 Å². The van der Waals surface area contributed by atoms with Crippen LogP contribution in [0.1, 0.15) is 28.6 Å². The van der Waals surface area contributed by atoms with Gasteiger partial charge in [0.15, 0.2) is 0 Å². The highest BCUT2D eigenvalue weighted by Crippen LogP contribution is 2.35. The first kappa shape index (κ1) is 22.0.